The van der Waals surface area contributed by atoms with Crippen molar-refractivity contribution in [2.24, 2.45) is 5.41 Å². The summed E-state index contributed by atoms with van der Waals surface area (Å²) < 4.78 is 0.825. The van der Waals surface area contributed by atoms with Gasteiger partial charge in [-0.3, -0.25) is 0 Å². The predicted molar refractivity (Wildman–Crippen MR) is 66.5 cm³/mol. The molecule has 1 aromatic heterocycles. The molecule has 1 aromatic rings. The van der Waals surface area contributed by atoms with Crippen molar-refractivity contribution in [1.82, 2.24) is 9.97 Å². The number of halogens is 1. The van der Waals surface area contributed by atoms with Crippen LogP contribution in [0.4, 0.5) is 11.6 Å². The molecule has 88 valence electrons. The molecule has 0 unspecified atom stereocenters. The Morgan fingerprint density at radius 1 is 1.44 bits per heavy atom. The Kier molecular flexibility index (Phi) is 3.30. The van der Waals surface area contributed by atoms with Gasteiger partial charge in [0.05, 0.1) is 6.61 Å². The van der Waals surface area contributed by atoms with Gasteiger partial charge < -0.3 is 15.7 Å². The van der Waals surface area contributed by atoms with Gasteiger partial charge in [-0.25, -0.2) is 9.97 Å². The van der Waals surface area contributed by atoms with Gasteiger partial charge in [0.1, 0.15) is 22.4 Å². The van der Waals surface area contributed by atoms with Crippen LogP contribution in [0.2, 0.25) is 0 Å². The Morgan fingerprint density at radius 3 is 2.69 bits per heavy atom. The van der Waals surface area contributed by atoms with E-state index in [1.165, 1.54) is 6.33 Å². The van der Waals surface area contributed by atoms with E-state index in [-0.39, 0.29) is 12.0 Å². The van der Waals surface area contributed by atoms with E-state index in [4.69, 9.17) is 0 Å². The molecule has 0 bridgehead atoms. The number of nitrogens with zero attached hydrogens (tertiary/aromatic N) is 2. The first-order chi connectivity index (χ1) is 7.71. The summed E-state index contributed by atoms with van der Waals surface area (Å²) in [6, 6.07) is 0. The highest BCUT2D eigenvalue weighted by Gasteiger charge is 2.41. The third-order valence-corrected chi connectivity index (χ3v) is 3.70. The second-order valence-electron chi connectivity index (χ2n) is 4.15. The van der Waals surface area contributed by atoms with Crippen LogP contribution in [0.5, 0.6) is 0 Å². The Balaban J connectivity index is 2.04. The van der Waals surface area contributed by atoms with Crippen molar-refractivity contribution in [3.8, 4) is 0 Å². The molecule has 0 spiro atoms. The Morgan fingerprint density at radius 2 is 2.12 bits per heavy atom. The fourth-order valence-corrected chi connectivity index (χ4v) is 2.05. The molecule has 5 nitrogen and oxygen atoms in total. The first-order valence-electron chi connectivity index (χ1n) is 5.24. The minimum Gasteiger partial charge on any atom is -0.396 e. The maximum Gasteiger partial charge on any atom is 0.145 e. The molecule has 1 fully saturated rings. The van der Waals surface area contributed by atoms with Gasteiger partial charge in [-0.1, -0.05) is 0 Å². The molecular formula is C10H15BrN4O. The monoisotopic (exact) mass is 286 g/mol. The van der Waals surface area contributed by atoms with E-state index < -0.39 is 0 Å². The number of anilines is 2. The van der Waals surface area contributed by atoms with Crippen molar-refractivity contribution < 1.29 is 5.11 Å². The van der Waals surface area contributed by atoms with Gasteiger partial charge in [-0.05, 0) is 28.8 Å². The van der Waals surface area contributed by atoms with Crippen LogP contribution in [-0.2, 0) is 0 Å². The topological polar surface area (TPSA) is 70.1 Å². The van der Waals surface area contributed by atoms with Gasteiger partial charge in [0, 0.05) is 19.0 Å². The number of hydrogen-bond acceptors (Lipinski definition) is 5. The molecule has 2 rings (SSSR count). The van der Waals surface area contributed by atoms with Crippen LogP contribution in [-0.4, -0.2) is 35.3 Å². The highest BCUT2D eigenvalue weighted by Crippen LogP contribution is 2.45. The largest absolute Gasteiger partial charge is 0.396 e. The summed E-state index contributed by atoms with van der Waals surface area (Å²) in [5.41, 5.74) is 0.0736. The fourth-order valence-electron chi connectivity index (χ4n) is 1.51. The van der Waals surface area contributed by atoms with E-state index in [0.29, 0.717) is 0 Å². The van der Waals surface area contributed by atoms with E-state index in [2.05, 4.69) is 36.5 Å². The molecule has 0 amide bonds. The quantitative estimate of drug-likeness (QED) is 0.765. The molecule has 3 N–H and O–H groups in total. The summed E-state index contributed by atoms with van der Waals surface area (Å²) in [5, 5.41) is 15.4. The molecule has 0 radical (unpaired) electrons. The van der Waals surface area contributed by atoms with Gasteiger partial charge in [-0.15, -0.1) is 0 Å². The van der Waals surface area contributed by atoms with E-state index >= 15 is 0 Å². The molecule has 16 heavy (non-hydrogen) atoms. The minimum absolute atomic E-state index is 0.0736. The van der Waals surface area contributed by atoms with Crippen molar-refractivity contribution >= 4 is 27.6 Å². The van der Waals surface area contributed by atoms with Crippen molar-refractivity contribution in [2.45, 2.75) is 12.8 Å². The Bertz CT molecular complexity index is 381. The molecule has 1 heterocycles. The summed E-state index contributed by atoms with van der Waals surface area (Å²) in [7, 11) is 1.81. The summed E-state index contributed by atoms with van der Waals surface area (Å²) in [5.74, 6) is 1.52. The maximum absolute atomic E-state index is 9.21. The number of aromatic nitrogens is 2. The van der Waals surface area contributed by atoms with Gasteiger partial charge in [-0.2, -0.15) is 0 Å². The zero-order valence-electron chi connectivity index (χ0n) is 9.13. The number of aliphatic hydroxyl groups is 1. The number of nitrogens with one attached hydrogen (secondary N) is 2. The van der Waals surface area contributed by atoms with Crippen molar-refractivity contribution in [3.63, 3.8) is 0 Å². The van der Waals surface area contributed by atoms with Crippen LogP contribution >= 0.6 is 15.9 Å². The zero-order chi connectivity index (χ0) is 11.6. The molecule has 0 aromatic carbocycles. The van der Waals surface area contributed by atoms with E-state index in [1.54, 1.807) is 0 Å². The Labute approximate surface area is 103 Å². The first-order valence-corrected chi connectivity index (χ1v) is 6.03. The first kappa shape index (κ1) is 11.6. The fraction of sp³-hybridized carbons (Fsp3) is 0.600. The average molecular weight is 287 g/mol. The normalized spacial score (nSPS) is 16.9. The molecule has 1 saturated carbocycles. The lowest BCUT2D eigenvalue weighted by Gasteiger charge is -2.14. The number of aliphatic hydroxyl groups excluding tert-OH is 1. The van der Waals surface area contributed by atoms with E-state index in [1.807, 2.05) is 7.05 Å². The Hall–Kier alpha value is -0.880. The van der Waals surface area contributed by atoms with Crippen LogP contribution in [0.1, 0.15) is 12.8 Å². The summed E-state index contributed by atoms with van der Waals surface area (Å²) in [6.07, 6.45) is 3.67. The van der Waals surface area contributed by atoms with Gasteiger partial charge in [0.25, 0.3) is 0 Å². The van der Waals surface area contributed by atoms with Gasteiger partial charge in [0.2, 0.25) is 0 Å². The average Bonchev–Trinajstić information content (AvgIpc) is 3.08. The minimum atomic E-state index is 0.0736. The van der Waals surface area contributed by atoms with Crippen LogP contribution in [0.3, 0.4) is 0 Å². The lowest BCUT2D eigenvalue weighted by atomic mass is 10.1. The highest BCUT2D eigenvalue weighted by atomic mass is 79.9. The van der Waals surface area contributed by atoms with Crippen molar-refractivity contribution in [3.05, 3.63) is 10.8 Å². The summed E-state index contributed by atoms with van der Waals surface area (Å²) in [4.78, 5) is 8.24. The molecule has 0 saturated heterocycles. The molecule has 6 heteroatoms. The third-order valence-electron chi connectivity index (χ3n) is 2.95. The maximum atomic E-state index is 9.21. The van der Waals surface area contributed by atoms with E-state index in [9.17, 15) is 5.11 Å². The second-order valence-corrected chi connectivity index (χ2v) is 4.94. The van der Waals surface area contributed by atoms with Crippen LogP contribution in [0, 0.1) is 5.41 Å². The van der Waals surface area contributed by atoms with Gasteiger partial charge in [0.15, 0.2) is 0 Å². The summed E-state index contributed by atoms with van der Waals surface area (Å²) >= 11 is 3.44. The van der Waals surface area contributed by atoms with Crippen molar-refractivity contribution in [2.75, 3.05) is 30.8 Å². The third kappa shape index (κ3) is 2.27. The van der Waals surface area contributed by atoms with Crippen LogP contribution in [0.25, 0.3) is 0 Å². The highest BCUT2D eigenvalue weighted by molar-refractivity contribution is 9.10. The summed E-state index contributed by atoms with van der Waals surface area (Å²) in [6.45, 7) is 0.990. The van der Waals surface area contributed by atoms with Crippen molar-refractivity contribution in [1.29, 1.82) is 0 Å². The second kappa shape index (κ2) is 4.55. The van der Waals surface area contributed by atoms with Crippen LogP contribution < -0.4 is 10.6 Å². The predicted octanol–water partition coefficient (Wildman–Crippen LogP) is 1.47. The SMILES string of the molecule is CNc1ncnc(NCC2(CO)CC2)c1Br. The molecular weight excluding hydrogens is 272 g/mol. The molecule has 1 aliphatic rings. The van der Waals surface area contributed by atoms with E-state index in [0.717, 1.165) is 35.5 Å². The molecule has 0 aliphatic heterocycles. The number of hydrogen-bond donors (Lipinski definition) is 3. The zero-order valence-corrected chi connectivity index (χ0v) is 10.7. The molecule has 0 atom stereocenters. The molecule has 1 aliphatic carbocycles. The lowest BCUT2D eigenvalue weighted by Crippen LogP contribution is -2.20. The van der Waals surface area contributed by atoms with Crippen LogP contribution in [0.15, 0.2) is 10.8 Å². The smallest absolute Gasteiger partial charge is 0.145 e. The number of rotatable bonds is 5. The standard InChI is InChI=1S/C10H15BrN4O/c1-12-8-7(11)9(15-6-14-8)13-4-10(5-16)2-3-10/h6,16H,2-5H2,1H3,(H2,12,13,14,15). The lowest BCUT2D eigenvalue weighted by molar-refractivity contribution is 0.219. The van der Waals surface area contributed by atoms with Gasteiger partial charge >= 0.3 is 0 Å².